The number of carbonyl (C=O) groups is 1. The van der Waals surface area contributed by atoms with Crippen LogP contribution >= 0.6 is 0 Å². The third-order valence-corrected chi connectivity index (χ3v) is 5.12. The molecule has 0 aliphatic rings. The summed E-state index contributed by atoms with van der Waals surface area (Å²) in [5.74, 6) is -2.95. The zero-order chi connectivity index (χ0) is 28.8. The fraction of sp³-hybridized carbons (Fsp3) is 0. The number of carboxylic acids is 1. The number of benzene rings is 4. The van der Waals surface area contributed by atoms with E-state index in [-0.39, 0.29) is 39.7 Å². The van der Waals surface area contributed by atoms with Crippen LogP contribution < -0.4 is 0 Å². The van der Waals surface area contributed by atoms with E-state index in [0.717, 1.165) is 30.3 Å². The van der Waals surface area contributed by atoms with Crippen molar-refractivity contribution in [3.05, 3.63) is 88.5 Å². The highest BCUT2D eigenvalue weighted by Gasteiger charge is 2.12. The lowest BCUT2D eigenvalue weighted by atomic mass is 10.2. The number of non-ortho nitro benzene ring substituents is 1. The Morgan fingerprint density at radius 3 is 1.62 bits per heavy atom. The summed E-state index contributed by atoms with van der Waals surface area (Å²) < 4.78 is 0. The van der Waals surface area contributed by atoms with Crippen LogP contribution in [0.2, 0.25) is 0 Å². The number of azo groups is 3. The number of aromatic hydroxyl groups is 4. The smallest absolute Gasteiger partial charge is 0.339 e. The SMILES string of the molecule is O=C(O)c1cc(N=Nc2ccc(N=Nc3cc(N=Nc4cc([N+](=O)[O-])ccc4O)c(O)cc3O)cc2)ccc1O. The van der Waals surface area contributed by atoms with Crippen molar-refractivity contribution in [1.82, 2.24) is 0 Å². The summed E-state index contributed by atoms with van der Waals surface area (Å²) in [5.41, 5.74) is -0.107. The zero-order valence-corrected chi connectivity index (χ0v) is 20.0. The Balaban J connectivity index is 1.50. The second kappa shape index (κ2) is 11.4. The number of phenols is 4. The molecule has 0 aliphatic heterocycles. The molecule has 0 heterocycles. The number of nitro groups is 1. The molecule has 0 unspecified atom stereocenters. The van der Waals surface area contributed by atoms with Crippen LogP contribution in [0.5, 0.6) is 23.0 Å². The van der Waals surface area contributed by atoms with E-state index in [0.29, 0.717) is 11.4 Å². The predicted molar refractivity (Wildman–Crippen MR) is 139 cm³/mol. The Labute approximate surface area is 223 Å². The van der Waals surface area contributed by atoms with E-state index in [9.17, 15) is 35.3 Å². The molecule has 0 aromatic heterocycles. The number of aromatic carboxylic acids is 1. The van der Waals surface area contributed by atoms with Crippen molar-refractivity contribution in [2.45, 2.75) is 0 Å². The van der Waals surface area contributed by atoms with Gasteiger partial charge in [-0.15, -0.1) is 15.3 Å². The highest BCUT2D eigenvalue weighted by Crippen LogP contribution is 2.40. The second-order valence-electron chi connectivity index (χ2n) is 7.88. The van der Waals surface area contributed by atoms with E-state index in [1.807, 2.05) is 0 Å². The Hall–Kier alpha value is -6.25. The van der Waals surface area contributed by atoms with Gasteiger partial charge in [-0.05, 0) is 48.5 Å². The summed E-state index contributed by atoms with van der Waals surface area (Å²) in [4.78, 5) is 21.4. The topological polar surface area (TPSA) is 236 Å². The number of phenolic OH excluding ortho intramolecular Hbond substituents is 3. The summed E-state index contributed by atoms with van der Waals surface area (Å²) in [6.07, 6.45) is 0. The molecule has 15 heteroatoms. The molecule has 0 saturated heterocycles. The quantitative estimate of drug-likeness (QED) is 0.0852. The Morgan fingerprint density at radius 1 is 0.575 bits per heavy atom. The first-order valence-electron chi connectivity index (χ1n) is 11.1. The van der Waals surface area contributed by atoms with Crippen molar-refractivity contribution in [2.24, 2.45) is 30.7 Å². The predicted octanol–water partition coefficient (Wildman–Crippen LogP) is 7.36. The van der Waals surface area contributed by atoms with Crippen molar-refractivity contribution < 1.29 is 35.3 Å². The molecule has 0 aliphatic carbocycles. The Morgan fingerprint density at radius 2 is 1.05 bits per heavy atom. The fourth-order valence-corrected chi connectivity index (χ4v) is 3.10. The molecule has 40 heavy (non-hydrogen) atoms. The van der Waals surface area contributed by atoms with Gasteiger partial charge in [0.15, 0.2) is 0 Å². The van der Waals surface area contributed by atoms with Gasteiger partial charge in [0, 0.05) is 24.3 Å². The van der Waals surface area contributed by atoms with Crippen LogP contribution in [0.3, 0.4) is 0 Å². The van der Waals surface area contributed by atoms with Gasteiger partial charge in [0.2, 0.25) is 0 Å². The normalized spacial score (nSPS) is 11.5. The highest BCUT2D eigenvalue weighted by molar-refractivity contribution is 5.91. The van der Waals surface area contributed by atoms with E-state index in [2.05, 4.69) is 30.7 Å². The number of carboxylic acid groups (broad SMARTS) is 1. The lowest BCUT2D eigenvalue weighted by Gasteiger charge is -2.03. The summed E-state index contributed by atoms with van der Waals surface area (Å²) in [6.45, 7) is 0. The van der Waals surface area contributed by atoms with Crippen LogP contribution in [0, 0.1) is 10.1 Å². The molecule has 5 N–H and O–H groups in total. The standard InChI is InChI=1S/C25H17N7O8/c33-21-7-5-15(9-17(21)25(37)38)28-26-13-1-3-14(4-2-13)27-29-19-11-20(24(36)12-23(19)35)31-30-18-10-16(32(39)40)6-8-22(18)34/h1-12,33-36H,(H,37,38). The number of nitro benzene ring substituents is 1. The Kier molecular flexibility index (Phi) is 7.66. The fourth-order valence-electron chi connectivity index (χ4n) is 3.10. The molecule has 0 saturated carbocycles. The first-order chi connectivity index (χ1) is 19.1. The van der Waals surface area contributed by atoms with Gasteiger partial charge in [-0.1, -0.05) is 0 Å². The van der Waals surface area contributed by atoms with Crippen molar-refractivity contribution in [3.8, 4) is 23.0 Å². The van der Waals surface area contributed by atoms with Gasteiger partial charge in [-0.25, -0.2) is 4.79 Å². The maximum atomic E-state index is 11.1. The van der Waals surface area contributed by atoms with Gasteiger partial charge in [-0.3, -0.25) is 10.1 Å². The molecule has 15 nitrogen and oxygen atoms in total. The van der Waals surface area contributed by atoms with Crippen molar-refractivity contribution >= 4 is 45.8 Å². The zero-order valence-electron chi connectivity index (χ0n) is 20.0. The minimum Gasteiger partial charge on any atom is -0.507 e. The second-order valence-corrected chi connectivity index (χ2v) is 7.88. The molecule has 4 aromatic rings. The van der Waals surface area contributed by atoms with Crippen LogP contribution in [0.1, 0.15) is 10.4 Å². The van der Waals surface area contributed by atoms with Gasteiger partial charge in [0.05, 0.1) is 22.0 Å². The summed E-state index contributed by atoms with van der Waals surface area (Å²) >= 11 is 0. The van der Waals surface area contributed by atoms with Crippen LogP contribution in [0.4, 0.5) is 39.8 Å². The van der Waals surface area contributed by atoms with Gasteiger partial charge >= 0.3 is 5.97 Å². The molecule has 200 valence electrons. The first-order valence-corrected chi connectivity index (χ1v) is 11.1. The molecule has 0 radical (unpaired) electrons. The third-order valence-electron chi connectivity index (χ3n) is 5.12. The van der Waals surface area contributed by atoms with Gasteiger partial charge in [0.25, 0.3) is 5.69 Å². The number of hydrogen-bond acceptors (Lipinski definition) is 13. The summed E-state index contributed by atoms with van der Waals surface area (Å²) in [6, 6.07) is 15.3. The summed E-state index contributed by atoms with van der Waals surface area (Å²) in [7, 11) is 0. The van der Waals surface area contributed by atoms with Crippen LogP contribution in [0.15, 0.2) is 103 Å². The molecular formula is C25H17N7O8. The van der Waals surface area contributed by atoms with Gasteiger partial charge in [-0.2, -0.15) is 15.3 Å². The number of rotatable bonds is 8. The maximum absolute atomic E-state index is 11.1. The van der Waals surface area contributed by atoms with E-state index in [4.69, 9.17) is 5.11 Å². The molecule has 0 spiro atoms. The molecule has 4 aromatic carbocycles. The van der Waals surface area contributed by atoms with Crippen molar-refractivity contribution in [2.75, 3.05) is 0 Å². The van der Waals surface area contributed by atoms with Crippen LogP contribution in [0.25, 0.3) is 0 Å². The van der Waals surface area contributed by atoms with E-state index in [1.54, 1.807) is 24.3 Å². The highest BCUT2D eigenvalue weighted by atomic mass is 16.6. The molecule has 0 bridgehead atoms. The average molecular weight is 543 g/mol. The minimum absolute atomic E-state index is 0.0830. The molecule has 0 atom stereocenters. The molecular weight excluding hydrogens is 526 g/mol. The molecule has 4 rings (SSSR count). The van der Waals surface area contributed by atoms with E-state index < -0.39 is 28.1 Å². The monoisotopic (exact) mass is 543 g/mol. The third kappa shape index (κ3) is 6.35. The number of nitrogens with zero attached hydrogens (tertiary/aromatic N) is 7. The average Bonchev–Trinajstić information content (AvgIpc) is 2.92. The summed E-state index contributed by atoms with van der Waals surface area (Å²) in [5, 5.41) is 83.1. The first kappa shape index (κ1) is 26.8. The lowest BCUT2D eigenvalue weighted by molar-refractivity contribution is -0.384. The van der Waals surface area contributed by atoms with Crippen molar-refractivity contribution in [1.29, 1.82) is 0 Å². The maximum Gasteiger partial charge on any atom is 0.339 e. The van der Waals surface area contributed by atoms with Crippen LogP contribution in [-0.4, -0.2) is 36.4 Å². The van der Waals surface area contributed by atoms with Crippen molar-refractivity contribution in [3.63, 3.8) is 0 Å². The number of hydrogen-bond donors (Lipinski definition) is 5. The van der Waals surface area contributed by atoms with Gasteiger partial charge < -0.3 is 25.5 Å². The molecule has 0 fully saturated rings. The lowest BCUT2D eigenvalue weighted by Crippen LogP contribution is -1.95. The minimum atomic E-state index is -1.30. The largest absolute Gasteiger partial charge is 0.507 e. The van der Waals surface area contributed by atoms with E-state index >= 15 is 0 Å². The van der Waals surface area contributed by atoms with Crippen LogP contribution in [-0.2, 0) is 0 Å². The molecule has 0 amide bonds. The Bertz CT molecular complexity index is 1700. The van der Waals surface area contributed by atoms with Gasteiger partial charge in [0.1, 0.15) is 45.6 Å². The van der Waals surface area contributed by atoms with E-state index in [1.165, 1.54) is 18.2 Å².